The number of nitro groups is 1. The van der Waals surface area contributed by atoms with Gasteiger partial charge in [0, 0.05) is 29.9 Å². The molecule has 0 atom stereocenters. The minimum atomic E-state index is -0.755. The average Bonchev–Trinajstić information content (AvgIpc) is 2.69. The topological polar surface area (TPSA) is 145 Å². The highest BCUT2D eigenvalue weighted by atomic mass is 16.6. The number of ether oxygens (including phenoxy) is 1. The lowest BCUT2D eigenvalue weighted by Crippen LogP contribution is -2.39. The largest absolute Gasteiger partial charge is 0.466 e. The number of aromatic amines is 1. The van der Waals surface area contributed by atoms with E-state index in [1.165, 1.54) is 36.2 Å². The first-order valence-electron chi connectivity index (χ1n) is 9.19. The van der Waals surface area contributed by atoms with Crippen LogP contribution in [0.15, 0.2) is 40.1 Å². The van der Waals surface area contributed by atoms with Gasteiger partial charge in [0.25, 0.3) is 11.2 Å². The molecule has 0 saturated carbocycles. The molecule has 0 aliphatic rings. The van der Waals surface area contributed by atoms with Crippen LogP contribution in [0.5, 0.6) is 0 Å². The molecule has 0 unspecified atom stereocenters. The minimum absolute atomic E-state index is 0.0548. The lowest BCUT2D eigenvalue weighted by molar-refractivity contribution is -0.385. The van der Waals surface area contributed by atoms with Crippen LogP contribution in [0.2, 0.25) is 0 Å². The lowest BCUT2D eigenvalue weighted by atomic mass is 10.1. The van der Waals surface area contributed by atoms with Crippen LogP contribution in [0, 0.1) is 17.0 Å². The summed E-state index contributed by atoms with van der Waals surface area (Å²) in [7, 11) is 0. The average molecular weight is 418 g/mol. The molecule has 160 valence electrons. The molecule has 0 bridgehead atoms. The van der Waals surface area contributed by atoms with Crippen molar-refractivity contribution in [3.05, 3.63) is 72.5 Å². The zero-order valence-corrected chi connectivity index (χ0v) is 16.6. The number of para-hydroxylation sites is 1. The van der Waals surface area contributed by atoms with E-state index in [1.54, 1.807) is 13.0 Å². The number of benzene rings is 1. The molecular weight excluding hydrogens is 396 g/mol. The zero-order chi connectivity index (χ0) is 22.3. The van der Waals surface area contributed by atoms with Crippen LogP contribution in [-0.4, -0.2) is 44.4 Å². The van der Waals surface area contributed by atoms with E-state index < -0.39 is 34.6 Å². The number of nitro benzene ring substituents is 1. The van der Waals surface area contributed by atoms with Crippen LogP contribution in [0.25, 0.3) is 0 Å². The number of esters is 1. The third kappa shape index (κ3) is 5.87. The Labute approximate surface area is 171 Å². The van der Waals surface area contributed by atoms with Gasteiger partial charge < -0.3 is 9.64 Å². The van der Waals surface area contributed by atoms with Crippen LogP contribution < -0.4 is 11.2 Å². The Bertz CT molecular complexity index is 1060. The summed E-state index contributed by atoms with van der Waals surface area (Å²) in [5.74, 6) is -1.07. The van der Waals surface area contributed by atoms with Crippen molar-refractivity contribution in [2.75, 3.05) is 13.2 Å². The molecule has 1 aromatic carbocycles. The normalized spacial score (nSPS) is 10.5. The molecule has 2 aromatic rings. The number of aromatic nitrogens is 2. The lowest BCUT2D eigenvalue weighted by Gasteiger charge is -2.23. The maximum Gasteiger partial charge on any atom is 0.328 e. The summed E-state index contributed by atoms with van der Waals surface area (Å²) in [6.45, 7) is 2.74. The van der Waals surface area contributed by atoms with Crippen molar-refractivity contribution in [1.29, 1.82) is 0 Å². The van der Waals surface area contributed by atoms with Gasteiger partial charge in [-0.05, 0) is 13.8 Å². The minimum Gasteiger partial charge on any atom is -0.466 e. The number of aryl methyl sites for hydroxylation is 1. The van der Waals surface area contributed by atoms with Gasteiger partial charge in [-0.3, -0.25) is 34.0 Å². The Kier molecular flexibility index (Phi) is 7.62. The molecule has 1 amide bonds. The Balaban J connectivity index is 2.29. The molecular formula is C19H22N4O7. The van der Waals surface area contributed by atoms with Crippen molar-refractivity contribution in [2.45, 2.75) is 33.4 Å². The van der Waals surface area contributed by atoms with Gasteiger partial charge in [-0.25, -0.2) is 4.79 Å². The predicted octanol–water partition coefficient (Wildman–Crippen LogP) is 0.735. The van der Waals surface area contributed by atoms with Gasteiger partial charge in [0.05, 0.1) is 24.5 Å². The smallest absolute Gasteiger partial charge is 0.328 e. The fourth-order valence-electron chi connectivity index (χ4n) is 2.76. The van der Waals surface area contributed by atoms with Crippen LogP contribution in [0.4, 0.5) is 5.69 Å². The maximum atomic E-state index is 12.9. The Morgan fingerprint density at radius 2 is 1.97 bits per heavy atom. The molecule has 1 N–H and O–H groups in total. The Morgan fingerprint density at radius 3 is 2.63 bits per heavy atom. The van der Waals surface area contributed by atoms with E-state index in [0.29, 0.717) is 0 Å². The molecule has 0 aliphatic carbocycles. The zero-order valence-electron chi connectivity index (χ0n) is 16.6. The van der Waals surface area contributed by atoms with Gasteiger partial charge in [-0.2, -0.15) is 0 Å². The van der Waals surface area contributed by atoms with E-state index in [9.17, 15) is 29.3 Å². The highest BCUT2D eigenvalue weighted by Gasteiger charge is 2.21. The summed E-state index contributed by atoms with van der Waals surface area (Å²) in [6, 6.07) is 5.94. The molecule has 1 heterocycles. The van der Waals surface area contributed by atoms with Crippen LogP contribution in [-0.2, 0) is 27.4 Å². The molecule has 0 fully saturated rings. The van der Waals surface area contributed by atoms with Crippen molar-refractivity contribution in [3.63, 3.8) is 0 Å². The summed E-state index contributed by atoms with van der Waals surface area (Å²) in [5.41, 5.74) is -0.940. The standard InChI is InChI=1S/C19H22N4O7/c1-3-30-17(25)8-9-21(11-14-6-4-5-7-15(14)23(28)29)16(24)12-22-10-13(2)18(26)20-19(22)27/h4-7,10H,3,8-9,11-12H2,1-2H3,(H,20,26,27). The van der Waals surface area contributed by atoms with E-state index in [1.807, 2.05) is 0 Å². The number of H-pyrrole nitrogens is 1. The predicted molar refractivity (Wildman–Crippen MR) is 106 cm³/mol. The van der Waals surface area contributed by atoms with Crippen molar-refractivity contribution < 1.29 is 19.2 Å². The van der Waals surface area contributed by atoms with Gasteiger partial charge >= 0.3 is 11.7 Å². The number of hydrogen-bond acceptors (Lipinski definition) is 7. The molecule has 0 aliphatic heterocycles. The van der Waals surface area contributed by atoms with Crippen molar-refractivity contribution in [2.24, 2.45) is 0 Å². The number of nitrogens with one attached hydrogen (secondary N) is 1. The third-order valence-electron chi connectivity index (χ3n) is 4.29. The molecule has 11 nitrogen and oxygen atoms in total. The van der Waals surface area contributed by atoms with E-state index in [-0.39, 0.29) is 42.9 Å². The molecule has 11 heteroatoms. The summed E-state index contributed by atoms with van der Waals surface area (Å²) in [6.07, 6.45) is 1.15. The van der Waals surface area contributed by atoms with Crippen molar-refractivity contribution in [1.82, 2.24) is 14.5 Å². The fourth-order valence-corrected chi connectivity index (χ4v) is 2.76. The SMILES string of the molecule is CCOC(=O)CCN(Cc1ccccc1[N+](=O)[O-])C(=O)Cn1cc(C)c(=O)[nH]c1=O. The first-order valence-corrected chi connectivity index (χ1v) is 9.19. The van der Waals surface area contributed by atoms with Gasteiger partial charge in [-0.15, -0.1) is 0 Å². The monoisotopic (exact) mass is 418 g/mol. The highest BCUT2D eigenvalue weighted by molar-refractivity contribution is 5.77. The Morgan fingerprint density at radius 1 is 1.27 bits per heavy atom. The Hall–Kier alpha value is -3.76. The second kappa shape index (κ2) is 10.1. The number of amides is 1. The van der Waals surface area contributed by atoms with Gasteiger partial charge in [0.1, 0.15) is 6.54 Å². The first kappa shape index (κ1) is 22.5. The van der Waals surface area contributed by atoms with Crippen LogP contribution in [0.1, 0.15) is 24.5 Å². The van der Waals surface area contributed by atoms with Crippen molar-refractivity contribution in [3.8, 4) is 0 Å². The summed E-state index contributed by atoms with van der Waals surface area (Å²) < 4.78 is 5.91. The second-order valence-corrected chi connectivity index (χ2v) is 6.46. The number of carbonyl (C=O) groups is 2. The van der Waals surface area contributed by atoms with E-state index in [0.717, 1.165) is 4.57 Å². The van der Waals surface area contributed by atoms with E-state index in [4.69, 9.17) is 4.74 Å². The molecule has 1 aromatic heterocycles. The second-order valence-electron chi connectivity index (χ2n) is 6.46. The van der Waals surface area contributed by atoms with Crippen LogP contribution >= 0.6 is 0 Å². The number of nitrogens with zero attached hydrogens (tertiary/aromatic N) is 3. The highest BCUT2D eigenvalue weighted by Crippen LogP contribution is 2.20. The summed E-state index contributed by atoms with van der Waals surface area (Å²) in [4.78, 5) is 62.2. The van der Waals surface area contributed by atoms with Gasteiger partial charge in [0.2, 0.25) is 5.91 Å². The first-order chi connectivity index (χ1) is 14.2. The maximum absolute atomic E-state index is 12.9. The summed E-state index contributed by atoms with van der Waals surface area (Å²) >= 11 is 0. The quantitative estimate of drug-likeness (QED) is 0.359. The summed E-state index contributed by atoms with van der Waals surface area (Å²) in [5, 5.41) is 11.3. The van der Waals surface area contributed by atoms with E-state index >= 15 is 0 Å². The van der Waals surface area contributed by atoms with Crippen molar-refractivity contribution >= 4 is 17.6 Å². The van der Waals surface area contributed by atoms with E-state index in [2.05, 4.69) is 4.98 Å². The van der Waals surface area contributed by atoms with Gasteiger partial charge in [0.15, 0.2) is 0 Å². The molecule has 0 saturated heterocycles. The fraction of sp³-hybridized carbons (Fsp3) is 0.368. The van der Waals surface area contributed by atoms with Gasteiger partial charge in [-0.1, -0.05) is 18.2 Å². The number of rotatable bonds is 9. The molecule has 30 heavy (non-hydrogen) atoms. The molecule has 0 radical (unpaired) electrons. The molecule has 2 rings (SSSR count). The van der Waals surface area contributed by atoms with Crippen LogP contribution in [0.3, 0.4) is 0 Å². The number of hydrogen-bond donors (Lipinski definition) is 1. The third-order valence-corrected chi connectivity index (χ3v) is 4.29. The number of carbonyl (C=O) groups excluding carboxylic acids is 2. The molecule has 0 spiro atoms.